The summed E-state index contributed by atoms with van der Waals surface area (Å²) in [5.41, 5.74) is 7.89. The smallest absolute Gasteiger partial charge is 0.272 e. The lowest BCUT2D eigenvalue weighted by molar-refractivity contribution is -0.134. The molecule has 67 heavy (non-hydrogen) atoms. The van der Waals surface area contributed by atoms with E-state index in [9.17, 15) is 32.3 Å². The highest BCUT2D eigenvalue weighted by atomic mass is 19.1. The summed E-state index contributed by atoms with van der Waals surface area (Å²) in [6.45, 7) is 14.2. The minimum atomic E-state index is -0.832. The molecule has 3 aliphatic heterocycles. The van der Waals surface area contributed by atoms with Crippen LogP contribution in [-0.4, -0.2) is 145 Å². The zero-order valence-electron chi connectivity index (χ0n) is 38.4. The van der Waals surface area contributed by atoms with Crippen molar-refractivity contribution in [3.8, 4) is 11.1 Å². The molecule has 0 saturated carbocycles. The van der Waals surface area contributed by atoms with Crippen LogP contribution in [0.3, 0.4) is 0 Å². The van der Waals surface area contributed by atoms with E-state index in [1.54, 1.807) is 35.2 Å². The monoisotopic (exact) mass is 925 g/mol. The first-order chi connectivity index (χ1) is 31.9. The first-order valence-electron chi connectivity index (χ1n) is 23.1. The van der Waals surface area contributed by atoms with Gasteiger partial charge in [0.15, 0.2) is 6.29 Å². The number of carbonyl (C=O) groups is 3. The molecule has 0 spiro atoms. The second kappa shape index (κ2) is 25.4. The number of hydrogen-bond acceptors (Lipinski definition) is 9. The number of nitrogens with one attached hydrogen (secondary N) is 1. The summed E-state index contributed by atoms with van der Waals surface area (Å²) in [4.78, 5) is 59.8. The van der Waals surface area contributed by atoms with Crippen LogP contribution in [0, 0.1) is 23.4 Å². The van der Waals surface area contributed by atoms with Crippen molar-refractivity contribution in [3.63, 3.8) is 0 Å². The van der Waals surface area contributed by atoms with E-state index in [2.05, 4.69) is 38.9 Å². The highest BCUT2D eigenvalue weighted by molar-refractivity contribution is 5.95. The van der Waals surface area contributed by atoms with Crippen LogP contribution >= 0.6 is 0 Å². The van der Waals surface area contributed by atoms with Crippen molar-refractivity contribution < 1.29 is 27.6 Å². The molecule has 3 saturated heterocycles. The number of halogens is 3. The summed E-state index contributed by atoms with van der Waals surface area (Å²) in [7, 11) is 2.20. The Labute approximate surface area is 392 Å². The minimum absolute atomic E-state index is 0. The molecule has 3 fully saturated rings. The van der Waals surface area contributed by atoms with E-state index in [0.717, 1.165) is 80.1 Å². The largest absolute Gasteiger partial charge is 0.338 e. The average molecular weight is 925 g/mol. The van der Waals surface area contributed by atoms with E-state index in [1.165, 1.54) is 44.1 Å². The number of aromatic amines is 1. The van der Waals surface area contributed by atoms with Gasteiger partial charge in [0.2, 0.25) is 5.91 Å². The Bertz CT molecular complexity index is 2450. The molecule has 0 atom stereocenters. The molecule has 3 aliphatic rings. The highest BCUT2D eigenvalue weighted by Crippen LogP contribution is 2.25. The molecule has 2 amide bonds. The van der Waals surface area contributed by atoms with Crippen LogP contribution in [0.2, 0.25) is 0 Å². The predicted octanol–water partition coefficient (Wildman–Crippen LogP) is 6.89. The SMILES string of the molecule is C.CCCN.CCc1cccc(-c2cc(F)c(C=O)c(F)c2)c1.CN1CCC(CN2CCN(CC(=O)N3CCN(C(=O)c4cc(Cc5n[nH]c(=O)c6ccccc56)ccc4F)CC3)CC2)CC1. The van der Waals surface area contributed by atoms with E-state index < -0.39 is 23.0 Å². The van der Waals surface area contributed by atoms with Crippen molar-refractivity contribution in [3.05, 3.63) is 135 Å². The van der Waals surface area contributed by atoms with Crippen molar-refractivity contribution >= 4 is 28.9 Å². The van der Waals surface area contributed by atoms with Crippen LogP contribution in [0.4, 0.5) is 13.2 Å². The molecule has 0 bridgehead atoms. The Balaban J connectivity index is 0.000000304. The molecule has 15 heteroatoms. The zero-order valence-corrected chi connectivity index (χ0v) is 38.4. The zero-order chi connectivity index (χ0) is 47.2. The van der Waals surface area contributed by atoms with Crippen molar-refractivity contribution in [2.75, 3.05) is 92.1 Å². The molecule has 8 rings (SSSR count). The first kappa shape index (κ1) is 52.2. The number of piperazine rings is 2. The molecule has 1 aromatic heterocycles. The molecule has 0 radical (unpaired) electrons. The number of H-pyrrole nitrogens is 1. The molecular weight excluding hydrogens is 858 g/mol. The quantitative estimate of drug-likeness (QED) is 0.136. The molecule has 5 aromatic rings. The number of aryl methyl sites for hydroxylation is 1. The maximum atomic E-state index is 14.9. The van der Waals surface area contributed by atoms with E-state index >= 15 is 0 Å². The van der Waals surface area contributed by atoms with Gasteiger partial charge in [-0.2, -0.15) is 5.10 Å². The highest BCUT2D eigenvalue weighted by Gasteiger charge is 2.29. The van der Waals surface area contributed by atoms with E-state index in [-0.39, 0.29) is 36.6 Å². The standard InChI is InChI=1S/C33H42FN7O3.C15H12F2O.C3H9N.CH4/c1-37-10-8-24(9-11-37)22-38-12-14-39(15-13-38)23-31(42)40-16-18-41(19-17-40)33(44)28-20-25(6-7-29(28)34)21-30-26-4-2-3-5-27(26)32(43)36-35-30;1-2-10-4-3-5-11(6-10)12-7-14(16)13(9-18)15(17)8-12;1-2-3-4;/h2-7,20,24H,8-19,21-23H2,1H3,(H,36,43);3-9H,2H2,1H3;2-4H2,1H3;1H4. The van der Waals surface area contributed by atoms with Crippen LogP contribution in [-0.2, 0) is 17.6 Å². The maximum Gasteiger partial charge on any atom is 0.272 e. The lowest BCUT2D eigenvalue weighted by Gasteiger charge is -2.39. The van der Waals surface area contributed by atoms with Gasteiger partial charge in [0.25, 0.3) is 11.5 Å². The molecule has 0 aliphatic carbocycles. The second-order valence-electron chi connectivity index (χ2n) is 17.3. The number of rotatable bonds is 11. The van der Waals surface area contributed by atoms with Gasteiger partial charge in [0.1, 0.15) is 17.5 Å². The van der Waals surface area contributed by atoms with Crippen molar-refractivity contribution in [2.24, 2.45) is 11.7 Å². The number of piperidine rings is 1. The Morgan fingerprint density at radius 2 is 1.37 bits per heavy atom. The Morgan fingerprint density at radius 1 is 0.746 bits per heavy atom. The molecule has 12 nitrogen and oxygen atoms in total. The van der Waals surface area contributed by atoms with Crippen LogP contribution < -0.4 is 11.3 Å². The van der Waals surface area contributed by atoms with Crippen molar-refractivity contribution in [1.29, 1.82) is 0 Å². The maximum absolute atomic E-state index is 14.9. The number of nitrogens with two attached hydrogens (primary N) is 1. The molecule has 4 aromatic carbocycles. The van der Waals surface area contributed by atoms with Crippen molar-refractivity contribution in [1.82, 2.24) is 34.7 Å². The van der Waals surface area contributed by atoms with E-state index in [0.29, 0.717) is 55.8 Å². The molecular formula is C52H67F3N8O4. The number of aldehydes is 1. The van der Waals surface area contributed by atoms with Gasteiger partial charge in [-0.05, 0) is 111 Å². The molecule has 0 unspecified atom stereocenters. The third-order valence-corrected chi connectivity index (χ3v) is 12.7. The van der Waals surface area contributed by atoms with Gasteiger partial charge in [0, 0.05) is 70.7 Å². The first-order valence-corrected chi connectivity index (χ1v) is 23.1. The van der Waals surface area contributed by atoms with Crippen LogP contribution in [0.5, 0.6) is 0 Å². The van der Waals surface area contributed by atoms with Gasteiger partial charge in [-0.3, -0.25) is 24.1 Å². The third-order valence-electron chi connectivity index (χ3n) is 12.7. The van der Waals surface area contributed by atoms with Gasteiger partial charge in [-0.1, -0.05) is 69.8 Å². The summed E-state index contributed by atoms with van der Waals surface area (Å²) in [6.07, 6.45) is 5.02. The summed E-state index contributed by atoms with van der Waals surface area (Å²) in [5.74, 6) is -1.75. The predicted molar refractivity (Wildman–Crippen MR) is 260 cm³/mol. The number of likely N-dealkylation sites (tertiary alicyclic amines) is 1. The molecule has 4 heterocycles. The molecule has 360 valence electrons. The van der Waals surface area contributed by atoms with E-state index in [1.807, 2.05) is 42.2 Å². The lowest BCUT2D eigenvalue weighted by Crippen LogP contribution is -2.55. The lowest BCUT2D eigenvalue weighted by atomic mass is 9.96. The van der Waals surface area contributed by atoms with E-state index in [4.69, 9.17) is 5.73 Å². The Kier molecular flexibility index (Phi) is 19.8. The number of nitrogens with zero attached hydrogens (tertiary/aromatic N) is 6. The van der Waals surface area contributed by atoms with Crippen LogP contribution in [0.15, 0.2) is 83.7 Å². The molecule has 3 N–H and O–H groups in total. The minimum Gasteiger partial charge on any atom is -0.338 e. The summed E-state index contributed by atoms with van der Waals surface area (Å²) < 4.78 is 41.9. The number of fused-ring (bicyclic) bond motifs is 1. The Hall–Kier alpha value is -5.74. The van der Waals surface area contributed by atoms with Crippen molar-refractivity contribution in [2.45, 2.75) is 53.4 Å². The van der Waals surface area contributed by atoms with Gasteiger partial charge in [-0.25, -0.2) is 18.3 Å². The summed E-state index contributed by atoms with van der Waals surface area (Å²) in [6, 6.07) is 21.6. The van der Waals surface area contributed by atoms with Gasteiger partial charge in [-0.15, -0.1) is 0 Å². The average Bonchev–Trinajstić information content (AvgIpc) is 3.34. The fraction of sp³-hybridized carbons (Fsp3) is 0.442. The third kappa shape index (κ3) is 14.1. The topological polar surface area (TPSA) is 139 Å². The van der Waals surface area contributed by atoms with Gasteiger partial charge in [0.05, 0.1) is 28.8 Å². The number of aromatic nitrogens is 2. The normalized spacial score (nSPS) is 16.0. The summed E-state index contributed by atoms with van der Waals surface area (Å²) >= 11 is 0. The van der Waals surface area contributed by atoms with Crippen LogP contribution in [0.1, 0.15) is 78.1 Å². The number of hydrogen-bond donors (Lipinski definition) is 2. The second-order valence-corrected chi connectivity index (χ2v) is 17.3. The van der Waals surface area contributed by atoms with Gasteiger partial charge < -0.3 is 25.3 Å². The number of carbonyl (C=O) groups excluding carboxylic acids is 3. The number of benzene rings is 4. The van der Waals surface area contributed by atoms with Gasteiger partial charge >= 0.3 is 0 Å². The summed E-state index contributed by atoms with van der Waals surface area (Å²) in [5, 5.41) is 8.00. The fourth-order valence-electron chi connectivity index (χ4n) is 8.54. The van der Waals surface area contributed by atoms with Crippen LogP contribution in [0.25, 0.3) is 21.9 Å². The number of amides is 2. The Morgan fingerprint density at radius 3 is 2.00 bits per heavy atom. The fourth-order valence-corrected chi connectivity index (χ4v) is 8.54.